The fraction of sp³-hybridized carbons (Fsp3) is 0.238. The summed E-state index contributed by atoms with van der Waals surface area (Å²) in [6.45, 7) is 5.73. The number of hydrogen-bond donors (Lipinski definition) is 1. The molecule has 3 aromatic rings. The molecule has 3 aromatic carbocycles. The Kier molecular flexibility index (Phi) is 4.82. The molecule has 0 spiro atoms. The lowest BCUT2D eigenvalue weighted by molar-refractivity contribution is 0.315. The highest BCUT2D eigenvalue weighted by Crippen LogP contribution is 2.29. The lowest BCUT2D eigenvalue weighted by Gasteiger charge is -2.15. The Labute approximate surface area is 138 Å². The van der Waals surface area contributed by atoms with Crippen molar-refractivity contribution in [3.05, 3.63) is 71.8 Å². The third kappa shape index (κ3) is 3.65. The van der Waals surface area contributed by atoms with Crippen LogP contribution in [-0.2, 0) is 6.54 Å². The van der Waals surface area contributed by atoms with Crippen LogP contribution in [0.5, 0.6) is 5.75 Å². The normalized spacial score (nSPS) is 10.7. The second kappa shape index (κ2) is 7.19. The minimum atomic E-state index is 0.746. The summed E-state index contributed by atoms with van der Waals surface area (Å²) in [6, 6.07) is 21.2. The number of benzene rings is 3. The van der Waals surface area contributed by atoms with Gasteiger partial charge in [0.2, 0.25) is 0 Å². The van der Waals surface area contributed by atoms with E-state index < -0.39 is 0 Å². The van der Waals surface area contributed by atoms with Crippen molar-refractivity contribution in [1.82, 2.24) is 0 Å². The number of anilines is 1. The van der Waals surface area contributed by atoms with Gasteiger partial charge >= 0.3 is 0 Å². The van der Waals surface area contributed by atoms with Crippen LogP contribution in [-0.4, -0.2) is 6.61 Å². The van der Waals surface area contributed by atoms with Crippen molar-refractivity contribution in [2.75, 3.05) is 11.9 Å². The Morgan fingerprint density at radius 2 is 1.70 bits per heavy atom. The topological polar surface area (TPSA) is 21.3 Å². The van der Waals surface area contributed by atoms with Crippen LogP contribution in [0.15, 0.2) is 60.7 Å². The smallest absolute Gasteiger partial charge is 0.124 e. The average Bonchev–Trinajstić information content (AvgIpc) is 2.59. The summed E-state index contributed by atoms with van der Waals surface area (Å²) < 4.78 is 5.96. The van der Waals surface area contributed by atoms with Crippen LogP contribution in [0.3, 0.4) is 0 Å². The predicted molar refractivity (Wildman–Crippen MR) is 98.2 cm³/mol. The maximum Gasteiger partial charge on any atom is 0.124 e. The van der Waals surface area contributed by atoms with Crippen molar-refractivity contribution in [3.63, 3.8) is 0 Å². The first-order valence-corrected chi connectivity index (χ1v) is 8.22. The van der Waals surface area contributed by atoms with Crippen molar-refractivity contribution in [1.29, 1.82) is 0 Å². The fourth-order valence-corrected chi connectivity index (χ4v) is 2.71. The Morgan fingerprint density at radius 1 is 0.913 bits per heavy atom. The molecule has 3 rings (SSSR count). The maximum atomic E-state index is 5.96. The first-order valence-electron chi connectivity index (χ1n) is 8.22. The molecule has 0 aliphatic heterocycles. The molecular formula is C21H23NO. The number of nitrogens with one attached hydrogen (secondary N) is 1. The highest BCUT2D eigenvalue weighted by Gasteiger charge is 2.08. The van der Waals surface area contributed by atoms with Crippen LogP contribution in [0.4, 0.5) is 5.69 Å². The molecule has 0 aliphatic carbocycles. The summed E-state index contributed by atoms with van der Waals surface area (Å²) in [6.07, 6.45) is 1.01. The Balaban J connectivity index is 1.90. The van der Waals surface area contributed by atoms with Crippen LogP contribution >= 0.6 is 0 Å². The molecule has 0 fully saturated rings. The van der Waals surface area contributed by atoms with Crippen molar-refractivity contribution < 1.29 is 4.74 Å². The molecule has 2 nitrogen and oxygen atoms in total. The van der Waals surface area contributed by atoms with E-state index in [0.717, 1.165) is 31.0 Å². The zero-order valence-electron chi connectivity index (χ0n) is 13.8. The van der Waals surface area contributed by atoms with E-state index in [9.17, 15) is 0 Å². The molecule has 0 unspecified atom stereocenters. The highest BCUT2D eigenvalue weighted by molar-refractivity contribution is 5.88. The molecular weight excluding hydrogens is 282 g/mol. The molecule has 0 amide bonds. The Morgan fingerprint density at radius 3 is 2.48 bits per heavy atom. The van der Waals surface area contributed by atoms with E-state index >= 15 is 0 Å². The molecule has 118 valence electrons. The van der Waals surface area contributed by atoms with E-state index in [1.54, 1.807) is 0 Å². The van der Waals surface area contributed by atoms with Crippen molar-refractivity contribution in [2.24, 2.45) is 0 Å². The van der Waals surface area contributed by atoms with Gasteiger partial charge in [0.1, 0.15) is 5.75 Å². The van der Waals surface area contributed by atoms with E-state index in [0.29, 0.717) is 0 Å². The van der Waals surface area contributed by atoms with E-state index in [4.69, 9.17) is 4.74 Å². The van der Waals surface area contributed by atoms with Crippen molar-refractivity contribution >= 4 is 16.5 Å². The maximum absolute atomic E-state index is 5.96. The molecule has 2 heteroatoms. The number of ether oxygens (including phenoxy) is 1. The Hall–Kier alpha value is -2.48. The first kappa shape index (κ1) is 15.4. The van der Waals surface area contributed by atoms with Gasteiger partial charge in [-0.3, -0.25) is 0 Å². The molecule has 0 heterocycles. The average molecular weight is 305 g/mol. The number of hydrogen-bond acceptors (Lipinski definition) is 2. The van der Waals surface area contributed by atoms with Crippen LogP contribution < -0.4 is 10.1 Å². The monoisotopic (exact) mass is 305 g/mol. The molecule has 0 bridgehead atoms. The first-order chi connectivity index (χ1) is 11.3. The second-order valence-corrected chi connectivity index (χ2v) is 5.83. The molecule has 23 heavy (non-hydrogen) atoms. The largest absolute Gasteiger partial charge is 0.493 e. The van der Waals surface area contributed by atoms with E-state index in [-0.39, 0.29) is 0 Å². The van der Waals surface area contributed by atoms with Gasteiger partial charge in [-0.2, -0.15) is 0 Å². The van der Waals surface area contributed by atoms with E-state index in [2.05, 4.69) is 79.8 Å². The summed E-state index contributed by atoms with van der Waals surface area (Å²) in [7, 11) is 0. The van der Waals surface area contributed by atoms with Crippen LogP contribution in [0.2, 0.25) is 0 Å². The van der Waals surface area contributed by atoms with Crippen LogP contribution in [0.25, 0.3) is 10.8 Å². The summed E-state index contributed by atoms with van der Waals surface area (Å²) >= 11 is 0. The molecule has 0 aliphatic rings. The third-order valence-electron chi connectivity index (χ3n) is 3.98. The summed E-state index contributed by atoms with van der Waals surface area (Å²) in [5.41, 5.74) is 3.62. The molecule has 0 atom stereocenters. The SMILES string of the molecule is CCCOc1ccc2ccccc2c1CNc1ccc(C)cc1. The van der Waals surface area contributed by atoms with Gasteiger partial charge in [-0.25, -0.2) is 0 Å². The molecule has 0 radical (unpaired) electrons. The lowest BCUT2D eigenvalue weighted by atomic mass is 10.0. The zero-order valence-corrected chi connectivity index (χ0v) is 13.8. The summed E-state index contributed by atoms with van der Waals surface area (Å²) in [5, 5.41) is 6.02. The quantitative estimate of drug-likeness (QED) is 0.644. The van der Waals surface area contributed by atoms with E-state index in [1.165, 1.54) is 21.9 Å². The van der Waals surface area contributed by atoms with Gasteiger partial charge in [0.05, 0.1) is 6.61 Å². The van der Waals surface area contributed by atoms with Gasteiger partial charge in [-0.1, -0.05) is 55.0 Å². The minimum Gasteiger partial charge on any atom is -0.493 e. The predicted octanol–water partition coefficient (Wildman–Crippen LogP) is 5.55. The number of fused-ring (bicyclic) bond motifs is 1. The highest BCUT2D eigenvalue weighted by atomic mass is 16.5. The lowest BCUT2D eigenvalue weighted by Crippen LogP contribution is -2.05. The van der Waals surface area contributed by atoms with Gasteiger partial charge < -0.3 is 10.1 Å². The minimum absolute atomic E-state index is 0.746. The van der Waals surface area contributed by atoms with Crippen molar-refractivity contribution in [2.45, 2.75) is 26.8 Å². The summed E-state index contributed by atoms with van der Waals surface area (Å²) in [4.78, 5) is 0. The number of rotatable bonds is 6. The fourth-order valence-electron chi connectivity index (χ4n) is 2.71. The standard InChI is InChI=1S/C21H23NO/c1-3-14-23-21-13-10-17-6-4-5-7-19(17)20(21)15-22-18-11-8-16(2)9-12-18/h4-13,22H,3,14-15H2,1-2H3. The summed E-state index contributed by atoms with van der Waals surface area (Å²) in [5.74, 6) is 0.977. The van der Waals surface area contributed by atoms with Crippen molar-refractivity contribution in [3.8, 4) is 5.75 Å². The van der Waals surface area contributed by atoms with Gasteiger partial charge in [0, 0.05) is 17.8 Å². The Bertz CT molecular complexity index is 777. The number of aryl methyl sites for hydroxylation is 1. The van der Waals surface area contributed by atoms with Gasteiger partial charge in [-0.15, -0.1) is 0 Å². The third-order valence-corrected chi connectivity index (χ3v) is 3.98. The zero-order chi connectivity index (χ0) is 16.1. The van der Waals surface area contributed by atoms with Crippen LogP contribution in [0, 0.1) is 6.92 Å². The molecule has 0 saturated heterocycles. The van der Waals surface area contributed by atoms with Gasteiger partial charge in [-0.05, 0) is 42.3 Å². The van der Waals surface area contributed by atoms with Crippen LogP contribution in [0.1, 0.15) is 24.5 Å². The second-order valence-electron chi connectivity index (χ2n) is 5.83. The molecule has 1 N–H and O–H groups in total. The molecule has 0 aromatic heterocycles. The van der Waals surface area contributed by atoms with Gasteiger partial charge in [0.25, 0.3) is 0 Å². The molecule has 0 saturated carbocycles. The van der Waals surface area contributed by atoms with E-state index in [1.807, 2.05) is 0 Å². The van der Waals surface area contributed by atoms with Gasteiger partial charge in [0.15, 0.2) is 0 Å².